The molecule has 7 heteroatoms. The number of aromatic nitrogens is 3. The molecule has 1 aromatic carbocycles. The molecule has 0 amide bonds. The molecule has 2 heterocycles. The van der Waals surface area contributed by atoms with Gasteiger partial charge in [-0.15, -0.1) is 0 Å². The van der Waals surface area contributed by atoms with Crippen LogP contribution in [0.5, 0.6) is 0 Å². The summed E-state index contributed by atoms with van der Waals surface area (Å²) in [6.07, 6.45) is 1.09. The first-order valence-corrected chi connectivity index (χ1v) is 6.35. The van der Waals surface area contributed by atoms with Crippen molar-refractivity contribution in [2.45, 2.75) is 0 Å². The minimum absolute atomic E-state index is 0.199. The van der Waals surface area contributed by atoms with E-state index in [-0.39, 0.29) is 10.8 Å². The summed E-state index contributed by atoms with van der Waals surface area (Å²) in [6.45, 7) is 0. The number of anilines is 1. The Kier molecular flexibility index (Phi) is 3.31. The standard InChI is InChI=1S/C14H9ClF2N4/c15-10-5-7(16)1-3-9(10)12-13(20-21-14(12)18)11-4-2-8(17)6-19-11/h1-6H,(H3,18,20,21). The van der Waals surface area contributed by atoms with Gasteiger partial charge in [0.1, 0.15) is 11.6 Å². The number of nitrogen functional groups attached to an aromatic ring is 1. The van der Waals surface area contributed by atoms with Crippen molar-refractivity contribution in [3.8, 4) is 22.5 Å². The summed E-state index contributed by atoms with van der Waals surface area (Å²) >= 11 is 6.06. The first-order chi connectivity index (χ1) is 10.1. The number of nitrogens with zero attached hydrogens (tertiary/aromatic N) is 2. The second-order valence-corrected chi connectivity index (χ2v) is 4.75. The Morgan fingerprint density at radius 3 is 2.52 bits per heavy atom. The maximum atomic E-state index is 13.2. The van der Waals surface area contributed by atoms with Crippen molar-refractivity contribution >= 4 is 17.4 Å². The number of benzene rings is 1. The third-order valence-corrected chi connectivity index (χ3v) is 3.29. The molecule has 0 atom stereocenters. The second-order valence-electron chi connectivity index (χ2n) is 4.34. The normalized spacial score (nSPS) is 10.8. The van der Waals surface area contributed by atoms with Crippen molar-refractivity contribution in [1.82, 2.24) is 15.2 Å². The number of hydrogen-bond donors (Lipinski definition) is 2. The Morgan fingerprint density at radius 1 is 1.10 bits per heavy atom. The highest BCUT2D eigenvalue weighted by Gasteiger charge is 2.18. The highest BCUT2D eigenvalue weighted by Crippen LogP contribution is 2.37. The van der Waals surface area contributed by atoms with E-state index in [2.05, 4.69) is 15.2 Å². The van der Waals surface area contributed by atoms with E-state index in [0.29, 0.717) is 22.5 Å². The molecule has 21 heavy (non-hydrogen) atoms. The minimum atomic E-state index is -0.452. The monoisotopic (exact) mass is 306 g/mol. The van der Waals surface area contributed by atoms with E-state index in [4.69, 9.17) is 17.3 Å². The van der Waals surface area contributed by atoms with E-state index >= 15 is 0 Å². The largest absolute Gasteiger partial charge is 0.382 e. The lowest BCUT2D eigenvalue weighted by Crippen LogP contribution is -1.91. The van der Waals surface area contributed by atoms with Crippen LogP contribution in [0.15, 0.2) is 36.5 Å². The predicted octanol–water partition coefficient (Wildman–Crippen LogP) is 3.65. The number of nitrogens with one attached hydrogen (secondary N) is 1. The van der Waals surface area contributed by atoms with Crippen molar-refractivity contribution in [2.75, 3.05) is 5.73 Å². The topological polar surface area (TPSA) is 67.6 Å². The van der Waals surface area contributed by atoms with Gasteiger partial charge in [-0.1, -0.05) is 11.6 Å². The molecule has 0 aliphatic heterocycles. The molecule has 2 aromatic heterocycles. The van der Waals surface area contributed by atoms with Crippen LogP contribution in [0.4, 0.5) is 14.6 Å². The Bertz CT molecular complexity index is 799. The number of H-pyrrole nitrogens is 1. The number of nitrogens with two attached hydrogens (primary N) is 1. The van der Waals surface area contributed by atoms with Gasteiger partial charge in [0.25, 0.3) is 0 Å². The molecule has 0 radical (unpaired) electrons. The molecule has 0 bridgehead atoms. The van der Waals surface area contributed by atoms with Crippen molar-refractivity contribution in [1.29, 1.82) is 0 Å². The predicted molar refractivity (Wildman–Crippen MR) is 76.6 cm³/mol. The van der Waals surface area contributed by atoms with Crippen molar-refractivity contribution < 1.29 is 8.78 Å². The fourth-order valence-electron chi connectivity index (χ4n) is 2.03. The van der Waals surface area contributed by atoms with Gasteiger partial charge in [0.2, 0.25) is 0 Å². The number of rotatable bonds is 2. The summed E-state index contributed by atoms with van der Waals surface area (Å²) in [5.41, 5.74) is 7.81. The molecular weight excluding hydrogens is 298 g/mol. The van der Waals surface area contributed by atoms with Gasteiger partial charge in [-0.3, -0.25) is 10.1 Å². The summed E-state index contributed by atoms with van der Waals surface area (Å²) in [4.78, 5) is 3.98. The van der Waals surface area contributed by atoms with Gasteiger partial charge in [-0.05, 0) is 30.3 Å². The molecule has 0 saturated carbocycles. The highest BCUT2D eigenvalue weighted by atomic mass is 35.5. The SMILES string of the molecule is Nc1n[nH]c(-c2ccc(F)cn2)c1-c1ccc(F)cc1Cl. The Morgan fingerprint density at radius 2 is 1.86 bits per heavy atom. The molecular formula is C14H9ClF2N4. The average Bonchev–Trinajstić information content (AvgIpc) is 2.82. The van der Waals surface area contributed by atoms with Gasteiger partial charge >= 0.3 is 0 Å². The quantitative estimate of drug-likeness (QED) is 0.759. The van der Waals surface area contributed by atoms with Crippen molar-refractivity contribution in [3.05, 3.63) is 53.2 Å². The van der Waals surface area contributed by atoms with Crippen LogP contribution in [0.3, 0.4) is 0 Å². The Hall–Kier alpha value is -2.47. The Labute approximate surface area is 123 Å². The molecule has 0 fully saturated rings. The zero-order valence-electron chi connectivity index (χ0n) is 10.6. The van der Waals surface area contributed by atoms with Crippen molar-refractivity contribution in [3.63, 3.8) is 0 Å². The van der Waals surface area contributed by atoms with Gasteiger partial charge in [0, 0.05) is 5.56 Å². The maximum Gasteiger partial charge on any atom is 0.153 e. The first-order valence-electron chi connectivity index (χ1n) is 5.97. The van der Waals surface area contributed by atoms with Crippen LogP contribution in [0.2, 0.25) is 5.02 Å². The number of halogens is 3. The lowest BCUT2D eigenvalue weighted by Gasteiger charge is -2.06. The lowest BCUT2D eigenvalue weighted by atomic mass is 10.0. The first kappa shape index (κ1) is 13.5. The molecule has 106 valence electrons. The van der Waals surface area contributed by atoms with Crippen LogP contribution < -0.4 is 5.73 Å². The highest BCUT2D eigenvalue weighted by molar-refractivity contribution is 6.33. The molecule has 3 N–H and O–H groups in total. The van der Waals surface area contributed by atoms with E-state index in [1.165, 1.54) is 30.3 Å². The van der Waals surface area contributed by atoms with Crippen LogP contribution in [0.1, 0.15) is 0 Å². The fraction of sp³-hybridized carbons (Fsp3) is 0. The zero-order chi connectivity index (χ0) is 15.0. The van der Waals surface area contributed by atoms with Crippen LogP contribution >= 0.6 is 11.6 Å². The molecule has 0 unspecified atom stereocenters. The molecule has 0 aliphatic carbocycles. The third-order valence-electron chi connectivity index (χ3n) is 2.98. The van der Waals surface area contributed by atoms with E-state index < -0.39 is 11.6 Å². The van der Waals surface area contributed by atoms with Crippen LogP contribution in [-0.2, 0) is 0 Å². The minimum Gasteiger partial charge on any atom is -0.382 e. The van der Waals surface area contributed by atoms with Gasteiger partial charge in [0.15, 0.2) is 5.82 Å². The summed E-state index contributed by atoms with van der Waals surface area (Å²) in [6, 6.07) is 6.73. The maximum absolute atomic E-state index is 13.2. The molecule has 0 saturated heterocycles. The number of pyridine rings is 1. The number of aromatic amines is 1. The van der Waals surface area contributed by atoms with Gasteiger partial charge in [0.05, 0.1) is 28.2 Å². The number of hydrogen-bond acceptors (Lipinski definition) is 3. The van der Waals surface area contributed by atoms with E-state index in [1.54, 1.807) is 0 Å². The summed E-state index contributed by atoms with van der Waals surface area (Å²) in [5, 5.41) is 6.86. The van der Waals surface area contributed by atoms with Gasteiger partial charge < -0.3 is 5.73 Å². The second kappa shape index (κ2) is 5.14. The molecule has 0 spiro atoms. The fourth-order valence-corrected chi connectivity index (χ4v) is 2.29. The van der Waals surface area contributed by atoms with E-state index in [0.717, 1.165) is 6.20 Å². The Balaban J connectivity index is 2.19. The van der Waals surface area contributed by atoms with E-state index in [9.17, 15) is 8.78 Å². The van der Waals surface area contributed by atoms with Crippen LogP contribution in [0, 0.1) is 11.6 Å². The zero-order valence-corrected chi connectivity index (χ0v) is 11.3. The summed E-state index contributed by atoms with van der Waals surface area (Å²) in [5.74, 6) is -0.704. The molecule has 4 nitrogen and oxygen atoms in total. The summed E-state index contributed by atoms with van der Waals surface area (Å²) in [7, 11) is 0. The lowest BCUT2D eigenvalue weighted by molar-refractivity contribution is 0.621. The van der Waals surface area contributed by atoms with Crippen LogP contribution in [-0.4, -0.2) is 15.2 Å². The van der Waals surface area contributed by atoms with Crippen LogP contribution in [0.25, 0.3) is 22.5 Å². The third kappa shape index (κ3) is 2.45. The molecule has 3 aromatic rings. The van der Waals surface area contributed by atoms with Crippen molar-refractivity contribution in [2.24, 2.45) is 0 Å². The smallest absolute Gasteiger partial charge is 0.153 e. The van der Waals surface area contributed by atoms with E-state index in [1.807, 2.05) is 0 Å². The average molecular weight is 307 g/mol. The van der Waals surface area contributed by atoms with Gasteiger partial charge in [-0.25, -0.2) is 8.78 Å². The van der Waals surface area contributed by atoms with Gasteiger partial charge in [-0.2, -0.15) is 5.10 Å². The summed E-state index contributed by atoms with van der Waals surface area (Å²) < 4.78 is 26.1. The molecule has 0 aliphatic rings. The molecule has 3 rings (SSSR count).